The number of rotatable bonds is 7. The highest BCUT2D eigenvalue weighted by molar-refractivity contribution is 5.30. The van der Waals surface area contributed by atoms with Crippen LogP contribution in [0.25, 0.3) is 0 Å². The highest BCUT2D eigenvalue weighted by atomic mass is 16.5. The van der Waals surface area contributed by atoms with Gasteiger partial charge in [-0.15, -0.1) is 0 Å². The molecule has 1 heterocycles. The summed E-state index contributed by atoms with van der Waals surface area (Å²) in [4.78, 5) is 4.24. The molecule has 1 fully saturated rings. The van der Waals surface area contributed by atoms with Crippen molar-refractivity contribution in [3.8, 4) is 5.75 Å². The average molecular weight is 290 g/mol. The van der Waals surface area contributed by atoms with Crippen molar-refractivity contribution in [2.24, 2.45) is 11.8 Å². The van der Waals surface area contributed by atoms with Gasteiger partial charge in [0.2, 0.25) is 0 Å². The van der Waals surface area contributed by atoms with Crippen LogP contribution in [0.2, 0.25) is 0 Å². The molecule has 1 aromatic heterocycles. The third kappa shape index (κ3) is 5.31. The van der Waals surface area contributed by atoms with Gasteiger partial charge >= 0.3 is 0 Å². The smallest absolute Gasteiger partial charge is 0.142 e. The molecule has 21 heavy (non-hydrogen) atoms. The third-order valence-electron chi connectivity index (χ3n) is 4.34. The first-order valence-corrected chi connectivity index (χ1v) is 8.49. The van der Waals surface area contributed by atoms with Crippen LogP contribution in [-0.2, 0) is 6.54 Å². The van der Waals surface area contributed by atoms with Crippen LogP contribution in [0.1, 0.15) is 58.4 Å². The Morgan fingerprint density at radius 2 is 2.24 bits per heavy atom. The summed E-state index contributed by atoms with van der Waals surface area (Å²) in [5, 5.41) is 3.49. The molecule has 1 aromatic rings. The Kier molecular flexibility index (Phi) is 6.50. The molecule has 2 rings (SSSR count). The Morgan fingerprint density at radius 3 is 3.00 bits per heavy atom. The van der Waals surface area contributed by atoms with E-state index in [1.807, 2.05) is 12.4 Å². The number of aromatic nitrogens is 1. The van der Waals surface area contributed by atoms with Gasteiger partial charge in [-0.25, -0.2) is 0 Å². The molecule has 1 aliphatic carbocycles. The fourth-order valence-electron chi connectivity index (χ4n) is 3.06. The van der Waals surface area contributed by atoms with Gasteiger partial charge in [0.15, 0.2) is 0 Å². The summed E-state index contributed by atoms with van der Waals surface area (Å²) in [5.74, 6) is 2.47. The maximum absolute atomic E-state index is 6.27. The van der Waals surface area contributed by atoms with E-state index in [0.29, 0.717) is 12.0 Å². The van der Waals surface area contributed by atoms with Crippen molar-refractivity contribution >= 4 is 0 Å². The number of nitrogens with zero attached hydrogens (tertiary/aromatic N) is 1. The molecule has 0 aromatic carbocycles. The first-order valence-electron chi connectivity index (χ1n) is 8.49. The molecule has 0 bridgehead atoms. The van der Waals surface area contributed by atoms with Crippen molar-refractivity contribution in [3.63, 3.8) is 0 Å². The molecule has 1 N–H and O–H groups in total. The Bertz CT molecular complexity index is 419. The average Bonchev–Trinajstić information content (AvgIpc) is 2.49. The van der Waals surface area contributed by atoms with Crippen LogP contribution in [0.5, 0.6) is 5.75 Å². The van der Waals surface area contributed by atoms with Gasteiger partial charge in [0.25, 0.3) is 0 Å². The molecule has 0 amide bonds. The van der Waals surface area contributed by atoms with Crippen molar-refractivity contribution in [1.82, 2.24) is 10.3 Å². The summed E-state index contributed by atoms with van der Waals surface area (Å²) in [7, 11) is 0. The lowest BCUT2D eigenvalue weighted by molar-refractivity contribution is 0.120. The van der Waals surface area contributed by atoms with E-state index < -0.39 is 0 Å². The number of ether oxygens (including phenoxy) is 1. The monoisotopic (exact) mass is 290 g/mol. The maximum atomic E-state index is 6.27. The second kappa shape index (κ2) is 8.38. The summed E-state index contributed by atoms with van der Waals surface area (Å²) >= 11 is 0. The minimum atomic E-state index is 0.372. The molecule has 3 heteroatoms. The predicted molar refractivity (Wildman–Crippen MR) is 87.4 cm³/mol. The van der Waals surface area contributed by atoms with Crippen molar-refractivity contribution < 1.29 is 4.74 Å². The number of hydrogen-bond donors (Lipinski definition) is 1. The lowest BCUT2D eigenvalue weighted by Crippen LogP contribution is -2.26. The highest BCUT2D eigenvalue weighted by Crippen LogP contribution is 2.30. The van der Waals surface area contributed by atoms with E-state index in [1.165, 1.54) is 37.7 Å². The van der Waals surface area contributed by atoms with Gasteiger partial charge in [-0.1, -0.05) is 33.6 Å². The molecule has 0 saturated heterocycles. The van der Waals surface area contributed by atoms with Gasteiger partial charge in [-0.3, -0.25) is 4.98 Å². The molecule has 0 radical (unpaired) electrons. The second-order valence-corrected chi connectivity index (χ2v) is 6.69. The Labute approximate surface area is 129 Å². The van der Waals surface area contributed by atoms with E-state index in [2.05, 4.69) is 37.1 Å². The summed E-state index contributed by atoms with van der Waals surface area (Å²) < 4.78 is 6.27. The van der Waals surface area contributed by atoms with Crippen molar-refractivity contribution in [2.75, 3.05) is 6.54 Å². The molecule has 1 saturated carbocycles. The minimum absolute atomic E-state index is 0.372. The SMILES string of the molecule is CCC1CCCC(Oc2cnccc2CNCC(C)C)C1. The topological polar surface area (TPSA) is 34.1 Å². The zero-order chi connectivity index (χ0) is 15.1. The highest BCUT2D eigenvalue weighted by Gasteiger charge is 2.22. The predicted octanol–water partition coefficient (Wildman–Crippen LogP) is 4.17. The molecule has 0 aliphatic heterocycles. The van der Waals surface area contributed by atoms with Crippen LogP contribution in [0.3, 0.4) is 0 Å². The maximum Gasteiger partial charge on any atom is 0.142 e. The van der Waals surface area contributed by atoms with Gasteiger partial charge in [0.05, 0.1) is 12.3 Å². The van der Waals surface area contributed by atoms with Crippen LogP contribution < -0.4 is 10.1 Å². The molecule has 3 nitrogen and oxygen atoms in total. The standard InChI is InChI=1S/C18H30N2O/c1-4-15-6-5-7-17(10-15)21-18-13-19-9-8-16(18)12-20-11-14(2)3/h8-9,13-15,17,20H,4-7,10-12H2,1-3H3. The molecular weight excluding hydrogens is 260 g/mol. The quantitative estimate of drug-likeness (QED) is 0.818. The first-order chi connectivity index (χ1) is 10.2. The second-order valence-electron chi connectivity index (χ2n) is 6.69. The summed E-state index contributed by atoms with van der Waals surface area (Å²) in [6.45, 7) is 8.63. The van der Waals surface area contributed by atoms with E-state index >= 15 is 0 Å². The minimum Gasteiger partial charge on any atom is -0.488 e. The van der Waals surface area contributed by atoms with E-state index in [1.54, 1.807) is 0 Å². The molecule has 2 atom stereocenters. The molecule has 118 valence electrons. The number of pyridine rings is 1. The lowest BCUT2D eigenvalue weighted by atomic mass is 9.85. The van der Waals surface area contributed by atoms with E-state index in [0.717, 1.165) is 24.8 Å². The zero-order valence-corrected chi connectivity index (χ0v) is 13.8. The van der Waals surface area contributed by atoms with Gasteiger partial charge in [0.1, 0.15) is 5.75 Å². The van der Waals surface area contributed by atoms with Crippen LogP contribution >= 0.6 is 0 Å². The molecule has 2 unspecified atom stereocenters. The molecule has 1 aliphatic rings. The summed E-state index contributed by atoms with van der Waals surface area (Å²) in [6, 6.07) is 2.07. The van der Waals surface area contributed by atoms with Crippen LogP contribution in [0.4, 0.5) is 0 Å². The largest absolute Gasteiger partial charge is 0.488 e. The Morgan fingerprint density at radius 1 is 1.38 bits per heavy atom. The fraction of sp³-hybridized carbons (Fsp3) is 0.722. The Balaban J connectivity index is 1.92. The summed E-state index contributed by atoms with van der Waals surface area (Å²) in [5.41, 5.74) is 1.23. The van der Waals surface area contributed by atoms with E-state index in [4.69, 9.17) is 4.74 Å². The van der Waals surface area contributed by atoms with Crippen LogP contribution in [0, 0.1) is 11.8 Å². The van der Waals surface area contributed by atoms with Gasteiger partial charge < -0.3 is 10.1 Å². The van der Waals surface area contributed by atoms with E-state index in [-0.39, 0.29) is 0 Å². The van der Waals surface area contributed by atoms with Crippen LogP contribution in [0.15, 0.2) is 18.5 Å². The lowest BCUT2D eigenvalue weighted by Gasteiger charge is -2.29. The number of nitrogens with one attached hydrogen (secondary N) is 1. The molecule has 0 spiro atoms. The van der Waals surface area contributed by atoms with Crippen LogP contribution in [-0.4, -0.2) is 17.6 Å². The van der Waals surface area contributed by atoms with Gasteiger partial charge in [0, 0.05) is 18.3 Å². The van der Waals surface area contributed by atoms with Gasteiger partial charge in [-0.05, 0) is 43.7 Å². The van der Waals surface area contributed by atoms with Crippen molar-refractivity contribution in [2.45, 2.75) is 65.5 Å². The normalized spacial score (nSPS) is 22.5. The fourth-order valence-corrected chi connectivity index (χ4v) is 3.06. The molecular formula is C18H30N2O. The number of hydrogen-bond acceptors (Lipinski definition) is 3. The van der Waals surface area contributed by atoms with E-state index in [9.17, 15) is 0 Å². The third-order valence-corrected chi connectivity index (χ3v) is 4.34. The van der Waals surface area contributed by atoms with Gasteiger partial charge in [-0.2, -0.15) is 0 Å². The van der Waals surface area contributed by atoms with Crippen molar-refractivity contribution in [3.05, 3.63) is 24.0 Å². The van der Waals surface area contributed by atoms with Crippen molar-refractivity contribution in [1.29, 1.82) is 0 Å². The summed E-state index contributed by atoms with van der Waals surface area (Å²) in [6.07, 6.45) is 10.4. The first kappa shape index (κ1) is 16.3. The zero-order valence-electron chi connectivity index (χ0n) is 13.8. The Hall–Kier alpha value is -1.09.